The third kappa shape index (κ3) is 4.19. The second kappa shape index (κ2) is 8.44. The van der Waals surface area contributed by atoms with Gasteiger partial charge in [0, 0.05) is 31.2 Å². The zero-order chi connectivity index (χ0) is 20.4. The van der Waals surface area contributed by atoms with Gasteiger partial charge in [-0.15, -0.1) is 4.40 Å². The molecule has 0 saturated carbocycles. The van der Waals surface area contributed by atoms with Crippen LogP contribution in [0.3, 0.4) is 0 Å². The lowest BCUT2D eigenvalue weighted by Gasteiger charge is -2.33. The van der Waals surface area contributed by atoms with Crippen molar-refractivity contribution in [1.82, 2.24) is 15.1 Å². The Morgan fingerprint density at radius 1 is 1.17 bits per heavy atom. The first-order valence-electron chi connectivity index (χ1n) is 10.7. The molecule has 3 heterocycles. The zero-order valence-corrected chi connectivity index (χ0v) is 17.8. The van der Waals surface area contributed by atoms with Gasteiger partial charge in [0.15, 0.2) is 5.84 Å². The molecule has 0 radical (unpaired) electrons. The Labute approximate surface area is 173 Å². The van der Waals surface area contributed by atoms with Crippen LogP contribution in [-0.4, -0.2) is 68.2 Å². The Balaban J connectivity index is 1.36. The maximum Gasteiger partial charge on any atom is 0.285 e. The van der Waals surface area contributed by atoms with Crippen molar-refractivity contribution in [2.45, 2.75) is 62.4 Å². The molecule has 2 saturated heterocycles. The van der Waals surface area contributed by atoms with Crippen molar-refractivity contribution < 1.29 is 13.2 Å². The number of likely N-dealkylation sites (tertiary alicyclic amines) is 2. The number of fused-ring (bicyclic) bond motifs is 1. The Hall–Kier alpha value is -1.93. The van der Waals surface area contributed by atoms with Crippen LogP contribution < -0.4 is 5.32 Å². The highest BCUT2D eigenvalue weighted by Crippen LogP contribution is 2.31. The number of sulfonamides is 1. The minimum atomic E-state index is -3.67. The molecule has 0 spiro atoms. The minimum absolute atomic E-state index is 0.0290. The lowest BCUT2D eigenvalue weighted by Crippen LogP contribution is -2.46. The normalized spacial score (nSPS) is 26.2. The van der Waals surface area contributed by atoms with Crippen molar-refractivity contribution in [2.24, 2.45) is 4.40 Å². The van der Waals surface area contributed by atoms with E-state index in [9.17, 15) is 13.2 Å². The highest BCUT2D eigenvalue weighted by Gasteiger charge is 2.39. The number of hydrogen-bond donors (Lipinski definition) is 1. The molecule has 3 aliphatic rings. The fourth-order valence-electron chi connectivity index (χ4n) is 4.69. The van der Waals surface area contributed by atoms with Crippen LogP contribution in [0.2, 0.25) is 0 Å². The predicted octanol–water partition coefficient (Wildman–Crippen LogP) is 1.98. The van der Waals surface area contributed by atoms with Crippen molar-refractivity contribution in [3.05, 3.63) is 29.8 Å². The van der Waals surface area contributed by atoms with Crippen LogP contribution in [0.4, 0.5) is 0 Å². The molecule has 1 amide bonds. The van der Waals surface area contributed by atoms with Crippen LogP contribution in [0.1, 0.15) is 51.0 Å². The summed E-state index contributed by atoms with van der Waals surface area (Å²) in [7, 11) is -3.67. The largest absolute Gasteiger partial charge is 0.354 e. The van der Waals surface area contributed by atoms with E-state index in [4.69, 9.17) is 0 Å². The summed E-state index contributed by atoms with van der Waals surface area (Å²) in [4.78, 5) is 17.4. The first-order valence-corrected chi connectivity index (χ1v) is 12.1. The van der Waals surface area contributed by atoms with Crippen LogP contribution in [0.25, 0.3) is 0 Å². The molecule has 0 bridgehead atoms. The topological polar surface area (TPSA) is 82.1 Å². The molecule has 2 atom stereocenters. The lowest BCUT2D eigenvalue weighted by molar-refractivity contribution is -0.124. The van der Waals surface area contributed by atoms with Crippen molar-refractivity contribution in [2.75, 3.05) is 26.2 Å². The third-order valence-electron chi connectivity index (χ3n) is 6.30. The van der Waals surface area contributed by atoms with Gasteiger partial charge in [0.2, 0.25) is 5.91 Å². The minimum Gasteiger partial charge on any atom is -0.354 e. The Morgan fingerprint density at radius 3 is 2.83 bits per heavy atom. The van der Waals surface area contributed by atoms with Gasteiger partial charge in [-0.2, -0.15) is 8.42 Å². The van der Waals surface area contributed by atoms with Crippen LogP contribution in [-0.2, 0) is 14.8 Å². The summed E-state index contributed by atoms with van der Waals surface area (Å²) in [6.45, 7) is 5.73. The molecule has 1 aromatic carbocycles. The summed E-state index contributed by atoms with van der Waals surface area (Å²) in [6.07, 6.45) is 6.34. The standard InChI is InChI=1S/C21H30N4O3S/c1-16-8-4-5-13-24(16)14-7-12-22-21(26)18-10-6-15-25(18)20-17-9-2-3-11-19(17)29(27,28)23-20/h2-3,9,11,16,18H,4-8,10,12-15H2,1H3,(H,22,26)/t16-,18-/m0/s1. The summed E-state index contributed by atoms with van der Waals surface area (Å²) in [5.41, 5.74) is 0.603. The number of piperidine rings is 1. The summed E-state index contributed by atoms with van der Waals surface area (Å²) < 4.78 is 28.7. The van der Waals surface area contributed by atoms with Crippen LogP contribution in [0.15, 0.2) is 33.6 Å². The molecule has 158 valence electrons. The number of nitrogens with zero attached hydrogens (tertiary/aromatic N) is 3. The highest BCUT2D eigenvalue weighted by molar-refractivity contribution is 7.90. The molecule has 1 aromatic rings. The van der Waals surface area contributed by atoms with Gasteiger partial charge in [0.05, 0.1) is 0 Å². The number of hydrogen-bond acceptors (Lipinski definition) is 5. The molecule has 0 unspecified atom stereocenters. The molecule has 8 heteroatoms. The monoisotopic (exact) mass is 418 g/mol. The molecule has 2 fully saturated rings. The van der Waals surface area contributed by atoms with Crippen LogP contribution >= 0.6 is 0 Å². The van der Waals surface area contributed by atoms with E-state index in [-0.39, 0.29) is 16.8 Å². The number of benzene rings is 1. The van der Waals surface area contributed by atoms with E-state index in [1.807, 2.05) is 11.0 Å². The molecule has 0 aromatic heterocycles. The van der Waals surface area contributed by atoms with E-state index < -0.39 is 10.0 Å². The first-order chi connectivity index (χ1) is 14.0. The van der Waals surface area contributed by atoms with Crippen molar-refractivity contribution in [3.8, 4) is 0 Å². The number of nitrogens with one attached hydrogen (secondary N) is 1. The Morgan fingerprint density at radius 2 is 2.00 bits per heavy atom. The van der Waals surface area contributed by atoms with E-state index in [0.717, 1.165) is 32.4 Å². The molecular formula is C21H30N4O3S. The van der Waals surface area contributed by atoms with Gasteiger partial charge in [-0.3, -0.25) is 4.79 Å². The molecular weight excluding hydrogens is 388 g/mol. The van der Waals surface area contributed by atoms with Gasteiger partial charge in [0.25, 0.3) is 10.0 Å². The summed E-state index contributed by atoms with van der Waals surface area (Å²) in [6, 6.07) is 7.13. The highest BCUT2D eigenvalue weighted by atomic mass is 32.2. The van der Waals surface area contributed by atoms with E-state index >= 15 is 0 Å². The first kappa shape index (κ1) is 20.3. The average molecular weight is 419 g/mol. The third-order valence-corrected chi connectivity index (χ3v) is 7.63. The lowest BCUT2D eigenvalue weighted by atomic mass is 10.0. The maximum absolute atomic E-state index is 12.8. The number of carbonyl (C=O) groups is 1. The number of carbonyl (C=O) groups excluding carboxylic acids is 1. The Bertz CT molecular complexity index is 899. The molecule has 3 aliphatic heterocycles. The van der Waals surface area contributed by atoms with Gasteiger partial charge < -0.3 is 15.1 Å². The van der Waals surface area contributed by atoms with Gasteiger partial charge in [-0.25, -0.2) is 0 Å². The quantitative estimate of drug-likeness (QED) is 0.740. The smallest absolute Gasteiger partial charge is 0.285 e. The van der Waals surface area contributed by atoms with Gasteiger partial charge in [0.1, 0.15) is 10.9 Å². The number of amidine groups is 1. The second-order valence-electron chi connectivity index (χ2n) is 8.26. The maximum atomic E-state index is 12.8. The van der Waals surface area contributed by atoms with Gasteiger partial charge in [-0.05, 0) is 57.7 Å². The van der Waals surface area contributed by atoms with Crippen LogP contribution in [0, 0.1) is 0 Å². The second-order valence-corrected chi connectivity index (χ2v) is 9.84. The predicted molar refractivity (Wildman–Crippen MR) is 112 cm³/mol. The van der Waals surface area contributed by atoms with E-state index in [1.165, 1.54) is 19.3 Å². The summed E-state index contributed by atoms with van der Waals surface area (Å²) in [5.74, 6) is 0.388. The van der Waals surface area contributed by atoms with E-state index in [1.54, 1.807) is 18.2 Å². The average Bonchev–Trinajstić information content (AvgIpc) is 3.29. The number of amides is 1. The van der Waals surface area contributed by atoms with Crippen molar-refractivity contribution >= 4 is 21.8 Å². The van der Waals surface area contributed by atoms with E-state index in [2.05, 4.69) is 21.5 Å². The summed E-state index contributed by atoms with van der Waals surface area (Å²) >= 11 is 0. The zero-order valence-electron chi connectivity index (χ0n) is 17.0. The SMILES string of the molecule is C[C@H]1CCCCN1CCCNC(=O)[C@@H]1CCCN1C1=NS(=O)(=O)c2ccccc21. The molecule has 1 N–H and O–H groups in total. The molecule has 0 aliphatic carbocycles. The van der Waals surface area contributed by atoms with Crippen molar-refractivity contribution in [3.63, 3.8) is 0 Å². The number of rotatable bonds is 5. The van der Waals surface area contributed by atoms with Crippen molar-refractivity contribution in [1.29, 1.82) is 0 Å². The van der Waals surface area contributed by atoms with Gasteiger partial charge >= 0.3 is 0 Å². The summed E-state index contributed by atoms with van der Waals surface area (Å²) in [5, 5.41) is 3.07. The van der Waals surface area contributed by atoms with E-state index in [0.29, 0.717) is 30.5 Å². The van der Waals surface area contributed by atoms with Gasteiger partial charge in [-0.1, -0.05) is 18.6 Å². The molecule has 29 heavy (non-hydrogen) atoms. The fourth-order valence-corrected chi connectivity index (χ4v) is 5.91. The van der Waals surface area contributed by atoms with Crippen LogP contribution in [0.5, 0.6) is 0 Å². The molecule has 7 nitrogen and oxygen atoms in total. The Kier molecular flexibility index (Phi) is 5.92. The molecule has 4 rings (SSSR count). The fraction of sp³-hybridized carbons (Fsp3) is 0.619.